The van der Waals surface area contributed by atoms with Gasteiger partial charge in [0.05, 0.1) is 29.5 Å². The third-order valence-corrected chi connectivity index (χ3v) is 6.43. The van der Waals surface area contributed by atoms with Gasteiger partial charge in [0.15, 0.2) is 0 Å². The Balaban J connectivity index is 0.00000267. The molecule has 2 N–H and O–H groups in total. The zero-order valence-corrected chi connectivity index (χ0v) is 24.3. The zero-order chi connectivity index (χ0) is 26.4. The highest BCUT2D eigenvalue weighted by atomic mass is 35.5. The van der Waals surface area contributed by atoms with Crippen LogP contribution < -0.4 is 20.3 Å². The molecule has 0 unspecified atom stereocenters. The molecule has 0 saturated heterocycles. The highest BCUT2D eigenvalue weighted by molar-refractivity contribution is 6.38. The Kier molecular flexibility index (Phi) is 12.1. The van der Waals surface area contributed by atoms with E-state index in [1.165, 1.54) is 4.90 Å². The van der Waals surface area contributed by atoms with Gasteiger partial charge in [-0.25, -0.2) is 9.78 Å². The van der Waals surface area contributed by atoms with E-state index in [9.17, 15) is 9.59 Å². The van der Waals surface area contributed by atoms with Gasteiger partial charge in [-0.05, 0) is 43.3 Å². The Hall–Kier alpha value is -3.30. The summed E-state index contributed by atoms with van der Waals surface area (Å²) >= 11 is 13.1. The SMILES string of the molecule is Cc1ccc2cccc(OCc3c(Cl)ccc(N(C)C(=O)CNC(=O)NCc4ccccn4)c3Cl)c2n1.Cl.Cl. The van der Waals surface area contributed by atoms with E-state index in [0.29, 0.717) is 27.7 Å². The molecule has 0 atom stereocenters. The standard InChI is InChI=1S/C27H25Cl2N5O3.2ClH/c1-17-9-10-18-6-5-8-23(26(18)33-17)37-16-20-21(28)11-12-22(25(20)29)34(2)24(35)15-32-27(36)31-14-19-7-3-4-13-30-19;;/h3-13H,14-16H2,1-2H3,(H2,31,32,36);2*1H. The van der Waals surface area contributed by atoms with E-state index >= 15 is 0 Å². The molecule has 0 fully saturated rings. The number of likely N-dealkylation sites (N-methyl/N-ethyl adjacent to an activating group) is 1. The molecule has 0 spiro atoms. The molecule has 0 saturated carbocycles. The van der Waals surface area contributed by atoms with Crippen molar-refractivity contribution in [1.82, 2.24) is 20.6 Å². The van der Waals surface area contributed by atoms with Crippen LogP contribution in [0.3, 0.4) is 0 Å². The van der Waals surface area contributed by atoms with Crippen molar-refractivity contribution in [2.24, 2.45) is 0 Å². The highest BCUT2D eigenvalue weighted by Crippen LogP contribution is 2.35. The van der Waals surface area contributed by atoms with Crippen LogP contribution in [0.5, 0.6) is 5.75 Å². The number of hydrogen-bond donors (Lipinski definition) is 2. The van der Waals surface area contributed by atoms with Crippen LogP contribution in [-0.4, -0.2) is 35.5 Å². The van der Waals surface area contributed by atoms with Gasteiger partial charge in [0.2, 0.25) is 5.91 Å². The van der Waals surface area contributed by atoms with Crippen molar-refractivity contribution in [2.75, 3.05) is 18.5 Å². The third-order valence-electron chi connectivity index (χ3n) is 5.65. The summed E-state index contributed by atoms with van der Waals surface area (Å²) < 4.78 is 6.05. The van der Waals surface area contributed by atoms with Gasteiger partial charge in [0, 0.05) is 34.9 Å². The van der Waals surface area contributed by atoms with Crippen LogP contribution in [0.25, 0.3) is 10.9 Å². The topological polar surface area (TPSA) is 96.5 Å². The first-order chi connectivity index (χ1) is 17.8. The van der Waals surface area contributed by atoms with E-state index in [2.05, 4.69) is 20.6 Å². The number of urea groups is 1. The van der Waals surface area contributed by atoms with Gasteiger partial charge in [-0.2, -0.15) is 0 Å². The lowest BCUT2D eigenvalue weighted by molar-refractivity contribution is -0.117. The number of aromatic nitrogens is 2. The fraction of sp³-hybridized carbons (Fsp3) is 0.185. The molecule has 0 aliphatic carbocycles. The first-order valence-electron chi connectivity index (χ1n) is 11.5. The van der Waals surface area contributed by atoms with Gasteiger partial charge >= 0.3 is 6.03 Å². The predicted octanol–water partition coefficient (Wildman–Crippen LogP) is 6.13. The minimum atomic E-state index is -0.484. The Morgan fingerprint density at radius 1 is 0.974 bits per heavy atom. The van der Waals surface area contributed by atoms with E-state index < -0.39 is 6.03 Å². The molecule has 12 heteroatoms. The Morgan fingerprint density at radius 2 is 1.77 bits per heavy atom. The molecule has 8 nitrogen and oxygen atoms in total. The normalized spacial score (nSPS) is 10.2. The molecule has 4 aromatic rings. The second-order valence-electron chi connectivity index (χ2n) is 8.24. The molecule has 206 valence electrons. The molecular formula is C27H27Cl4N5O3. The molecule has 0 aliphatic heterocycles. The van der Waals surface area contributed by atoms with Gasteiger partial charge in [0.25, 0.3) is 0 Å². The third kappa shape index (κ3) is 8.10. The van der Waals surface area contributed by atoms with Crippen molar-refractivity contribution in [3.05, 3.63) is 93.9 Å². The summed E-state index contributed by atoms with van der Waals surface area (Å²) in [5.41, 5.74) is 3.30. The number of ether oxygens (including phenoxy) is 1. The minimum absolute atomic E-state index is 0. The Bertz CT molecular complexity index is 1440. The van der Waals surface area contributed by atoms with Crippen molar-refractivity contribution in [1.29, 1.82) is 0 Å². The van der Waals surface area contributed by atoms with E-state index in [1.54, 1.807) is 37.5 Å². The van der Waals surface area contributed by atoms with Crippen LogP contribution in [-0.2, 0) is 17.9 Å². The Morgan fingerprint density at radius 3 is 2.51 bits per heavy atom. The summed E-state index contributed by atoms with van der Waals surface area (Å²) in [4.78, 5) is 34.9. The van der Waals surface area contributed by atoms with E-state index in [4.69, 9.17) is 27.9 Å². The molecule has 4 rings (SSSR count). The number of aryl methyl sites for hydroxylation is 1. The van der Waals surface area contributed by atoms with Crippen LogP contribution in [0.15, 0.2) is 66.9 Å². The number of benzene rings is 2. The minimum Gasteiger partial charge on any atom is -0.487 e. The second kappa shape index (κ2) is 14.7. The van der Waals surface area contributed by atoms with Gasteiger partial charge in [-0.3, -0.25) is 9.78 Å². The second-order valence-corrected chi connectivity index (χ2v) is 9.02. The average molecular weight is 611 g/mol. The molecule has 2 heterocycles. The summed E-state index contributed by atoms with van der Waals surface area (Å²) in [5.74, 6) is 0.238. The summed E-state index contributed by atoms with van der Waals surface area (Å²) in [7, 11) is 1.58. The van der Waals surface area contributed by atoms with Crippen molar-refractivity contribution < 1.29 is 14.3 Å². The van der Waals surface area contributed by atoms with Crippen LogP contribution in [0.1, 0.15) is 17.0 Å². The number of carbonyl (C=O) groups excluding carboxylic acids is 2. The van der Waals surface area contributed by atoms with Crippen LogP contribution >= 0.6 is 48.0 Å². The van der Waals surface area contributed by atoms with Gasteiger partial charge in [-0.15, -0.1) is 24.8 Å². The average Bonchev–Trinajstić information content (AvgIpc) is 2.90. The fourth-order valence-electron chi connectivity index (χ4n) is 3.61. The fourth-order valence-corrected chi connectivity index (χ4v) is 4.21. The maximum atomic E-state index is 12.8. The predicted molar refractivity (Wildman–Crippen MR) is 160 cm³/mol. The lowest BCUT2D eigenvalue weighted by atomic mass is 10.1. The summed E-state index contributed by atoms with van der Waals surface area (Å²) in [6.45, 7) is 2.01. The van der Waals surface area contributed by atoms with Crippen molar-refractivity contribution in [2.45, 2.75) is 20.1 Å². The summed E-state index contributed by atoms with van der Waals surface area (Å²) in [6, 6.07) is 17.8. The number of pyridine rings is 2. The lowest BCUT2D eigenvalue weighted by Crippen LogP contribution is -2.42. The number of amides is 3. The van der Waals surface area contributed by atoms with Crippen LogP contribution in [0.2, 0.25) is 10.0 Å². The van der Waals surface area contributed by atoms with Crippen LogP contribution in [0.4, 0.5) is 10.5 Å². The molecule has 3 amide bonds. The first kappa shape index (κ1) is 31.9. The maximum Gasteiger partial charge on any atom is 0.315 e. The molecule has 0 radical (unpaired) electrons. The molecule has 2 aromatic carbocycles. The smallest absolute Gasteiger partial charge is 0.315 e. The summed E-state index contributed by atoms with van der Waals surface area (Å²) in [5, 5.41) is 6.86. The van der Waals surface area contributed by atoms with E-state index in [1.807, 2.05) is 43.3 Å². The number of nitrogens with one attached hydrogen (secondary N) is 2. The number of rotatable bonds is 8. The van der Waals surface area contributed by atoms with Crippen molar-refractivity contribution in [3.8, 4) is 5.75 Å². The number of anilines is 1. The van der Waals surface area contributed by atoms with Gasteiger partial charge in [-0.1, -0.05) is 47.5 Å². The molecule has 39 heavy (non-hydrogen) atoms. The number of halogens is 4. The van der Waals surface area contributed by atoms with Crippen LogP contribution in [0, 0.1) is 6.92 Å². The number of carbonyl (C=O) groups is 2. The zero-order valence-electron chi connectivity index (χ0n) is 21.1. The first-order valence-corrected chi connectivity index (χ1v) is 12.2. The molecular weight excluding hydrogens is 584 g/mol. The molecule has 0 aliphatic rings. The number of nitrogens with zero attached hydrogens (tertiary/aromatic N) is 3. The molecule has 0 bridgehead atoms. The lowest BCUT2D eigenvalue weighted by Gasteiger charge is -2.21. The number of para-hydroxylation sites is 1. The Labute approximate surface area is 248 Å². The maximum absolute atomic E-state index is 12.8. The summed E-state index contributed by atoms with van der Waals surface area (Å²) in [6.07, 6.45) is 1.64. The van der Waals surface area contributed by atoms with Gasteiger partial charge < -0.3 is 20.3 Å². The monoisotopic (exact) mass is 609 g/mol. The van der Waals surface area contributed by atoms with E-state index in [0.717, 1.165) is 16.6 Å². The van der Waals surface area contributed by atoms with E-state index in [-0.39, 0.29) is 55.4 Å². The number of hydrogen-bond acceptors (Lipinski definition) is 5. The van der Waals surface area contributed by atoms with Gasteiger partial charge in [0.1, 0.15) is 17.9 Å². The number of fused-ring (bicyclic) bond motifs is 1. The van der Waals surface area contributed by atoms with Crippen molar-refractivity contribution in [3.63, 3.8) is 0 Å². The van der Waals surface area contributed by atoms with Crippen molar-refractivity contribution >= 4 is 76.5 Å². The highest BCUT2D eigenvalue weighted by Gasteiger charge is 2.19. The molecule has 2 aromatic heterocycles. The largest absolute Gasteiger partial charge is 0.487 e. The quantitative estimate of drug-likeness (QED) is 0.250.